The SMILES string of the molecule is COc1c(Br)cc2[c]c[nH]c2c1Br. The molecule has 0 saturated carbocycles. The second kappa shape index (κ2) is 3.35. The average molecular weight is 304 g/mol. The smallest absolute Gasteiger partial charge is 0.149 e. The fourth-order valence-electron chi connectivity index (χ4n) is 1.23. The van der Waals surface area contributed by atoms with Gasteiger partial charge < -0.3 is 9.72 Å². The zero-order chi connectivity index (χ0) is 9.42. The maximum atomic E-state index is 5.23. The van der Waals surface area contributed by atoms with Crippen LogP contribution in [0.15, 0.2) is 21.2 Å². The quantitative estimate of drug-likeness (QED) is 0.857. The van der Waals surface area contributed by atoms with Crippen LogP contribution in [0.1, 0.15) is 0 Å². The molecule has 0 fully saturated rings. The number of methoxy groups -OCH3 is 1. The molecule has 2 aromatic rings. The van der Waals surface area contributed by atoms with Gasteiger partial charge in [-0.2, -0.15) is 0 Å². The van der Waals surface area contributed by atoms with E-state index in [-0.39, 0.29) is 0 Å². The predicted octanol–water partition coefficient (Wildman–Crippen LogP) is 3.50. The first-order valence-corrected chi connectivity index (χ1v) is 5.23. The number of hydrogen-bond acceptors (Lipinski definition) is 1. The van der Waals surface area contributed by atoms with Crippen molar-refractivity contribution in [2.75, 3.05) is 7.11 Å². The molecule has 13 heavy (non-hydrogen) atoms. The Morgan fingerprint density at radius 3 is 2.92 bits per heavy atom. The monoisotopic (exact) mass is 302 g/mol. The van der Waals surface area contributed by atoms with E-state index in [1.54, 1.807) is 13.3 Å². The molecule has 0 unspecified atom stereocenters. The van der Waals surface area contributed by atoms with Gasteiger partial charge in [-0.15, -0.1) is 0 Å². The summed E-state index contributed by atoms with van der Waals surface area (Å²) in [5.74, 6) is 0.795. The molecule has 0 aliphatic heterocycles. The van der Waals surface area contributed by atoms with Crippen LogP contribution in [-0.2, 0) is 0 Å². The Labute approximate surface area is 92.5 Å². The molecule has 0 aliphatic rings. The second-order valence-electron chi connectivity index (χ2n) is 2.56. The van der Waals surface area contributed by atoms with Gasteiger partial charge in [0.15, 0.2) is 0 Å². The fourth-order valence-corrected chi connectivity index (χ4v) is 2.79. The van der Waals surface area contributed by atoms with Crippen molar-refractivity contribution in [3.8, 4) is 5.75 Å². The van der Waals surface area contributed by atoms with Crippen LogP contribution >= 0.6 is 31.9 Å². The Morgan fingerprint density at radius 1 is 1.46 bits per heavy atom. The van der Waals surface area contributed by atoms with Crippen molar-refractivity contribution in [1.82, 2.24) is 4.98 Å². The number of hydrogen-bond donors (Lipinski definition) is 1. The number of aromatic amines is 1. The standard InChI is InChI=1S/C9H6Br2NO/c1-13-9-6(10)4-5-2-3-12-8(5)7(9)11/h3-4,12H,1H3. The number of benzene rings is 1. The molecular formula is C9H6Br2NO. The molecule has 67 valence electrons. The van der Waals surface area contributed by atoms with Crippen LogP contribution in [0.3, 0.4) is 0 Å². The van der Waals surface area contributed by atoms with Crippen molar-refractivity contribution in [2.24, 2.45) is 0 Å². The van der Waals surface area contributed by atoms with E-state index in [1.807, 2.05) is 6.07 Å². The highest BCUT2D eigenvalue weighted by Crippen LogP contribution is 2.38. The zero-order valence-corrected chi connectivity index (χ0v) is 9.99. The van der Waals surface area contributed by atoms with Crippen LogP contribution in [0, 0.1) is 6.07 Å². The Bertz CT molecular complexity index is 450. The van der Waals surface area contributed by atoms with E-state index in [0.29, 0.717) is 0 Å². The third-order valence-electron chi connectivity index (χ3n) is 1.82. The Kier molecular flexibility index (Phi) is 2.34. The highest BCUT2D eigenvalue weighted by atomic mass is 79.9. The van der Waals surface area contributed by atoms with Crippen LogP contribution in [0.2, 0.25) is 0 Å². The Balaban J connectivity index is 2.85. The van der Waals surface area contributed by atoms with Gasteiger partial charge >= 0.3 is 0 Å². The molecule has 1 radical (unpaired) electrons. The summed E-state index contributed by atoms with van der Waals surface area (Å²) in [6.45, 7) is 0. The van der Waals surface area contributed by atoms with Gasteiger partial charge in [0.05, 0.1) is 21.6 Å². The van der Waals surface area contributed by atoms with E-state index in [0.717, 1.165) is 25.6 Å². The number of halogens is 2. The van der Waals surface area contributed by atoms with E-state index in [9.17, 15) is 0 Å². The van der Waals surface area contributed by atoms with Gasteiger partial charge in [-0.3, -0.25) is 0 Å². The molecule has 0 amide bonds. The van der Waals surface area contributed by atoms with Gasteiger partial charge in [-0.1, -0.05) is 0 Å². The molecule has 0 aliphatic carbocycles. The van der Waals surface area contributed by atoms with Gasteiger partial charge in [-0.25, -0.2) is 0 Å². The largest absolute Gasteiger partial charge is 0.494 e. The van der Waals surface area contributed by atoms with Crippen LogP contribution < -0.4 is 4.74 Å². The van der Waals surface area contributed by atoms with Gasteiger partial charge in [0.25, 0.3) is 0 Å². The summed E-state index contributed by atoms with van der Waals surface area (Å²) >= 11 is 6.89. The molecule has 1 aromatic heterocycles. The van der Waals surface area contributed by atoms with Crippen molar-refractivity contribution in [1.29, 1.82) is 0 Å². The first-order chi connectivity index (χ1) is 6.24. The van der Waals surface area contributed by atoms with Crippen LogP contribution in [0.4, 0.5) is 0 Å². The Morgan fingerprint density at radius 2 is 2.23 bits per heavy atom. The topological polar surface area (TPSA) is 25.0 Å². The average Bonchev–Trinajstić information content (AvgIpc) is 2.53. The number of rotatable bonds is 1. The van der Waals surface area contributed by atoms with Crippen LogP contribution in [-0.4, -0.2) is 12.1 Å². The van der Waals surface area contributed by atoms with Crippen LogP contribution in [0.25, 0.3) is 10.9 Å². The fraction of sp³-hybridized carbons (Fsp3) is 0.111. The number of H-pyrrole nitrogens is 1. The Hall–Kier alpha value is -0.480. The molecule has 0 bridgehead atoms. The lowest BCUT2D eigenvalue weighted by atomic mass is 10.2. The van der Waals surface area contributed by atoms with Gasteiger partial charge in [0, 0.05) is 17.6 Å². The molecule has 4 heteroatoms. The van der Waals surface area contributed by atoms with Crippen molar-refractivity contribution in [2.45, 2.75) is 0 Å². The summed E-state index contributed by atoms with van der Waals surface area (Å²) in [4.78, 5) is 3.09. The van der Waals surface area contributed by atoms with E-state index >= 15 is 0 Å². The number of ether oxygens (including phenoxy) is 1. The first-order valence-electron chi connectivity index (χ1n) is 3.65. The van der Waals surface area contributed by atoms with Crippen LogP contribution in [0.5, 0.6) is 5.75 Å². The minimum atomic E-state index is 0.795. The molecular weight excluding hydrogens is 298 g/mol. The molecule has 1 heterocycles. The molecule has 2 nitrogen and oxygen atoms in total. The van der Waals surface area contributed by atoms with Crippen molar-refractivity contribution in [3.63, 3.8) is 0 Å². The zero-order valence-electron chi connectivity index (χ0n) is 6.82. The third kappa shape index (κ3) is 1.38. The van der Waals surface area contributed by atoms with Crippen molar-refractivity contribution < 1.29 is 4.74 Å². The summed E-state index contributed by atoms with van der Waals surface area (Å²) in [7, 11) is 1.64. The molecule has 2 rings (SSSR count). The maximum Gasteiger partial charge on any atom is 0.149 e. The van der Waals surface area contributed by atoms with Crippen molar-refractivity contribution >= 4 is 42.8 Å². The van der Waals surface area contributed by atoms with Gasteiger partial charge in [0.1, 0.15) is 5.75 Å². The third-order valence-corrected chi connectivity index (χ3v) is 3.17. The molecule has 0 saturated heterocycles. The molecule has 0 atom stereocenters. The summed E-state index contributed by atoms with van der Waals surface area (Å²) in [5.41, 5.74) is 1.00. The minimum absolute atomic E-state index is 0.795. The lowest BCUT2D eigenvalue weighted by Crippen LogP contribution is -1.86. The highest BCUT2D eigenvalue weighted by Gasteiger charge is 2.10. The second-order valence-corrected chi connectivity index (χ2v) is 4.21. The lowest BCUT2D eigenvalue weighted by Gasteiger charge is -2.06. The number of aromatic nitrogens is 1. The molecule has 1 N–H and O–H groups in total. The predicted molar refractivity (Wildman–Crippen MR) is 59.1 cm³/mol. The number of fused-ring (bicyclic) bond motifs is 1. The highest BCUT2D eigenvalue weighted by molar-refractivity contribution is 9.11. The maximum absolute atomic E-state index is 5.23. The van der Waals surface area contributed by atoms with Gasteiger partial charge in [-0.05, 0) is 37.9 Å². The first kappa shape index (κ1) is 9.09. The summed E-state index contributed by atoms with van der Waals surface area (Å²) in [5, 5.41) is 1.03. The minimum Gasteiger partial charge on any atom is -0.494 e. The number of nitrogens with one attached hydrogen (secondary N) is 1. The van der Waals surface area contributed by atoms with Gasteiger partial charge in [0.2, 0.25) is 0 Å². The van der Waals surface area contributed by atoms with Crippen molar-refractivity contribution in [3.05, 3.63) is 27.3 Å². The normalized spacial score (nSPS) is 10.7. The van der Waals surface area contributed by atoms with E-state index < -0.39 is 0 Å². The van der Waals surface area contributed by atoms with E-state index in [2.05, 4.69) is 42.9 Å². The van der Waals surface area contributed by atoms with E-state index in [4.69, 9.17) is 4.74 Å². The summed E-state index contributed by atoms with van der Waals surface area (Å²) in [6, 6.07) is 5.05. The molecule has 1 aromatic carbocycles. The van der Waals surface area contributed by atoms with E-state index in [1.165, 1.54) is 0 Å². The summed E-state index contributed by atoms with van der Waals surface area (Å²) in [6.07, 6.45) is 1.78. The summed E-state index contributed by atoms with van der Waals surface area (Å²) < 4.78 is 7.06. The molecule has 0 spiro atoms. The lowest BCUT2D eigenvalue weighted by molar-refractivity contribution is 0.410.